The van der Waals surface area contributed by atoms with Gasteiger partial charge in [-0.1, -0.05) is 65.2 Å². The molecule has 0 bridgehead atoms. The summed E-state index contributed by atoms with van der Waals surface area (Å²) in [4.78, 5) is 32.1. The number of unbranched alkanes of at least 4 members (excludes halogenated alkanes) is 1. The standard InChI is InChI=1S/C11H14N4O3.C6H12.C4H10/c16-9(7-14-11-12-4-2-5-13-11)15-6-1-3-8(15)10(17)18;1-2-4-6-5-3-1;1-3-4-2/h2,4-5,8H,1,3,6-7H2,(H,17,18)(H,12,13,14);1-6H2;3-4H2,1-2H3. The molecule has 0 radical (unpaired) electrons. The van der Waals surface area contributed by atoms with Crippen LogP contribution in [0.5, 0.6) is 0 Å². The SMILES string of the molecule is C1CCCCC1.CCCC.O=C(O)C1CCCN1C(=O)CNc1ncccn1. The van der Waals surface area contributed by atoms with Gasteiger partial charge >= 0.3 is 5.97 Å². The first-order valence-electron chi connectivity index (χ1n) is 10.6. The predicted octanol–water partition coefficient (Wildman–Crippen LogP) is 4.11. The topological polar surface area (TPSA) is 95.4 Å². The maximum Gasteiger partial charge on any atom is 0.326 e. The number of carboxylic acid groups (broad SMARTS) is 1. The molecule has 3 rings (SSSR count). The molecule has 1 amide bonds. The highest BCUT2D eigenvalue weighted by molar-refractivity contribution is 5.86. The minimum absolute atomic E-state index is 0.00773. The number of amides is 1. The molecule has 2 aliphatic rings. The summed E-state index contributed by atoms with van der Waals surface area (Å²) in [7, 11) is 0. The maximum atomic E-state index is 11.9. The van der Waals surface area contributed by atoms with Crippen LogP contribution >= 0.6 is 0 Å². The number of nitrogens with zero attached hydrogens (tertiary/aromatic N) is 3. The van der Waals surface area contributed by atoms with Crippen molar-refractivity contribution in [3.8, 4) is 0 Å². The average molecular weight is 393 g/mol. The average Bonchev–Trinajstić information content (AvgIpc) is 3.25. The molecular formula is C21H36N4O3. The van der Waals surface area contributed by atoms with E-state index in [4.69, 9.17) is 5.11 Å². The molecule has 7 heteroatoms. The number of rotatable bonds is 5. The first kappa shape index (κ1) is 23.9. The highest BCUT2D eigenvalue weighted by Gasteiger charge is 2.33. The van der Waals surface area contributed by atoms with Crippen molar-refractivity contribution in [1.29, 1.82) is 0 Å². The van der Waals surface area contributed by atoms with E-state index >= 15 is 0 Å². The molecule has 1 atom stereocenters. The molecule has 28 heavy (non-hydrogen) atoms. The molecule has 7 nitrogen and oxygen atoms in total. The summed E-state index contributed by atoms with van der Waals surface area (Å²) >= 11 is 0. The first-order valence-corrected chi connectivity index (χ1v) is 10.6. The largest absolute Gasteiger partial charge is 0.480 e. The lowest BCUT2D eigenvalue weighted by Crippen LogP contribution is -2.43. The van der Waals surface area contributed by atoms with E-state index in [1.807, 2.05) is 0 Å². The van der Waals surface area contributed by atoms with Gasteiger partial charge in [0.2, 0.25) is 11.9 Å². The van der Waals surface area contributed by atoms with Crippen LogP contribution in [0.2, 0.25) is 0 Å². The number of carboxylic acids is 1. The number of hydrogen-bond donors (Lipinski definition) is 2. The van der Waals surface area contributed by atoms with Crippen molar-refractivity contribution in [2.24, 2.45) is 0 Å². The fourth-order valence-electron chi connectivity index (χ4n) is 3.03. The van der Waals surface area contributed by atoms with E-state index in [1.165, 1.54) is 56.3 Å². The normalized spacial score (nSPS) is 18.2. The van der Waals surface area contributed by atoms with Crippen LogP contribution in [0.1, 0.15) is 78.1 Å². The molecule has 0 spiro atoms. The Kier molecular flexibility index (Phi) is 12.6. The van der Waals surface area contributed by atoms with Crippen molar-refractivity contribution in [2.45, 2.75) is 84.1 Å². The molecule has 1 unspecified atom stereocenters. The smallest absolute Gasteiger partial charge is 0.326 e. The van der Waals surface area contributed by atoms with Gasteiger partial charge in [0.15, 0.2) is 0 Å². The van der Waals surface area contributed by atoms with Crippen molar-refractivity contribution < 1.29 is 14.7 Å². The van der Waals surface area contributed by atoms with E-state index in [1.54, 1.807) is 18.5 Å². The van der Waals surface area contributed by atoms with E-state index in [2.05, 4.69) is 29.1 Å². The number of carbonyl (C=O) groups is 2. The Morgan fingerprint density at radius 2 is 1.57 bits per heavy atom. The number of aromatic nitrogens is 2. The summed E-state index contributed by atoms with van der Waals surface area (Å²) in [5.74, 6) is -0.832. The second-order valence-corrected chi connectivity index (χ2v) is 7.13. The minimum Gasteiger partial charge on any atom is -0.480 e. The van der Waals surface area contributed by atoms with Crippen molar-refractivity contribution >= 4 is 17.8 Å². The van der Waals surface area contributed by atoms with Crippen LogP contribution in [0.4, 0.5) is 5.95 Å². The third-order valence-corrected chi connectivity index (χ3v) is 4.82. The summed E-state index contributed by atoms with van der Waals surface area (Å²) in [5, 5.41) is 11.8. The number of anilines is 1. The van der Waals surface area contributed by atoms with E-state index < -0.39 is 12.0 Å². The van der Waals surface area contributed by atoms with Gasteiger partial charge in [0.05, 0.1) is 6.54 Å². The Bertz CT molecular complexity index is 536. The van der Waals surface area contributed by atoms with Crippen LogP contribution in [-0.2, 0) is 9.59 Å². The molecule has 1 aliphatic carbocycles. The summed E-state index contributed by atoms with van der Waals surface area (Å²) in [6.45, 7) is 4.86. The molecule has 1 saturated carbocycles. The van der Waals surface area contributed by atoms with Gasteiger partial charge in [-0.15, -0.1) is 0 Å². The number of likely N-dealkylation sites (tertiary alicyclic amines) is 1. The third-order valence-electron chi connectivity index (χ3n) is 4.82. The summed E-state index contributed by atoms with van der Waals surface area (Å²) < 4.78 is 0. The lowest BCUT2D eigenvalue weighted by Gasteiger charge is -2.21. The highest BCUT2D eigenvalue weighted by atomic mass is 16.4. The molecule has 1 saturated heterocycles. The molecule has 158 valence electrons. The van der Waals surface area contributed by atoms with Gasteiger partial charge in [0, 0.05) is 18.9 Å². The van der Waals surface area contributed by atoms with Gasteiger partial charge in [0.1, 0.15) is 6.04 Å². The first-order chi connectivity index (χ1) is 13.6. The molecule has 2 fully saturated rings. The van der Waals surface area contributed by atoms with Gasteiger partial charge in [-0.2, -0.15) is 0 Å². The quantitative estimate of drug-likeness (QED) is 0.783. The highest BCUT2D eigenvalue weighted by Crippen LogP contribution is 2.17. The van der Waals surface area contributed by atoms with Crippen LogP contribution in [-0.4, -0.2) is 51.0 Å². The molecule has 2 heterocycles. The Morgan fingerprint density at radius 1 is 1.04 bits per heavy atom. The zero-order valence-electron chi connectivity index (χ0n) is 17.4. The van der Waals surface area contributed by atoms with Gasteiger partial charge in [-0.3, -0.25) is 4.79 Å². The fourth-order valence-corrected chi connectivity index (χ4v) is 3.03. The summed E-state index contributed by atoms with van der Waals surface area (Å²) in [6.07, 6.45) is 16.0. The maximum absolute atomic E-state index is 11.9. The summed E-state index contributed by atoms with van der Waals surface area (Å²) in [5.41, 5.74) is 0. The summed E-state index contributed by atoms with van der Waals surface area (Å²) in [6, 6.07) is 0.976. The van der Waals surface area contributed by atoms with E-state index in [0.29, 0.717) is 18.9 Å². The van der Waals surface area contributed by atoms with Crippen molar-refractivity contribution in [3.63, 3.8) is 0 Å². The molecule has 1 aromatic heterocycles. The molecule has 1 aromatic rings. The second-order valence-electron chi connectivity index (χ2n) is 7.13. The van der Waals surface area contributed by atoms with Crippen LogP contribution < -0.4 is 5.32 Å². The fraction of sp³-hybridized carbons (Fsp3) is 0.714. The molecule has 1 aliphatic heterocycles. The van der Waals surface area contributed by atoms with Crippen LogP contribution in [0, 0.1) is 0 Å². The van der Waals surface area contributed by atoms with Gasteiger partial charge in [-0.05, 0) is 18.9 Å². The monoisotopic (exact) mass is 392 g/mol. The third kappa shape index (κ3) is 9.67. The van der Waals surface area contributed by atoms with E-state index in [9.17, 15) is 9.59 Å². The Hall–Kier alpha value is -2.18. The van der Waals surface area contributed by atoms with Crippen molar-refractivity contribution in [1.82, 2.24) is 14.9 Å². The number of aliphatic carboxylic acids is 1. The number of carbonyl (C=O) groups excluding carboxylic acids is 1. The number of nitrogens with one attached hydrogen (secondary N) is 1. The lowest BCUT2D eigenvalue weighted by molar-refractivity contribution is -0.147. The zero-order chi connectivity index (χ0) is 20.6. The molecule has 0 aromatic carbocycles. The van der Waals surface area contributed by atoms with Crippen LogP contribution in [0.3, 0.4) is 0 Å². The number of hydrogen-bond acceptors (Lipinski definition) is 5. The second kappa shape index (κ2) is 14.8. The minimum atomic E-state index is -0.947. The zero-order valence-corrected chi connectivity index (χ0v) is 17.4. The van der Waals surface area contributed by atoms with E-state index in [0.717, 1.165) is 6.42 Å². The predicted molar refractivity (Wildman–Crippen MR) is 111 cm³/mol. The van der Waals surface area contributed by atoms with Gasteiger partial charge < -0.3 is 15.3 Å². The Balaban J connectivity index is 0.000000322. The van der Waals surface area contributed by atoms with Crippen molar-refractivity contribution in [2.75, 3.05) is 18.4 Å². The van der Waals surface area contributed by atoms with Crippen LogP contribution in [0.15, 0.2) is 18.5 Å². The Morgan fingerprint density at radius 3 is 2.04 bits per heavy atom. The molecular weight excluding hydrogens is 356 g/mol. The lowest BCUT2D eigenvalue weighted by atomic mass is 10.0. The Labute approximate surface area is 169 Å². The molecule has 2 N–H and O–H groups in total. The van der Waals surface area contributed by atoms with Crippen LogP contribution in [0.25, 0.3) is 0 Å². The van der Waals surface area contributed by atoms with Crippen molar-refractivity contribution in [3.05, 3.63) is 18.5 Å². The van der Waals surface area contributed by atoms with Gasteiger partial charge in [0.25, 0.3) is 0 Å². The van der Waals surface area contributed by atoms with E-state index in [-0.39, 0.29) is 12.5 Å². The van der Waals surface area contributed by atoms with Gasteiger partial charge in [-0.25, -0.2) is 14.8 Å².